The maximum atomic E-state index is 11.0. The van der Waals surface area contributed by atoms with Crippen molar-refractivity contribution in [3.63, 3.8) is 0 Å². The van der Waals surface area contributed by atoms with Crippen molar-refractivity contribution in [1.29, 1.82) is 0 Å². The number of halogens is 1. The van der Waals surface area contributed by atoms with Crippen LogP contribution in [0.2, 0.25) is 0 Å². The number of nitrogens with two attached hydrogens (primary N) is 1. The number of carbonyl (C=O) groups is 1. The summed E-state index contributed by atoms with van der Waals surface area (Å²) in [6.07, 6.45) is 1.36. The van der Waals surface area contributed by atoms with Crippen molar-refractivity contribution in [3.05, 3.63) is 34.7 Å². The van der Waals surface area contributed by atoms with Gasteiger partial charge in [0.2, 0.25) is 4.67 Å². The van der Waals surface area contributed by atoms with Gasteiger partial charge in [-0.3, -0.25) is 4.79 Å². The molecule has 0 saturated carbocycles. The summed E-state index contributed by atoms with van der Waals surface area (Å²) in [5.74, 6) is 0.274. The van der Waals surface area contributed by atoms with E-state index in [4.69, 9.17) is 15.2 Å². The van der Waals surface area contributed by atoms with Crippen molar-refractivity contribution in [3.8, 4) is 11.5 Å². The van der Waals surface area contributed by atoms with Gasteiger partial charge in [0.15, 0.2) is 11.5 Å². The van der Waals surface area contributed by atoms with E-state index in [2.05, 4.69) is 15.9 Å². The first-order valence-corrected chi connectivity index (χ1v) is 4.61. The predicted molar refractivity (Wildman–Crippen MR) is 53.2 cm³/mol. The molecule has 2 rings (SSSR count). The van der Waals surface area contributed by atoms with Crippen LogP contribution in [-0.2, 0) is 0 Å². The van der Waals surface area contributed by atoms with Crippen LogP contribution in [0.15, 0.2) is 29.1 Å². The molecule has 1 heterocycles. The molecule has 0 radical (unpaired) electrons. The van der Waals surface area contributed by atoms with Crippen LogP contribution in [0.5, 0.6) is 11.5 Å². The highest BCUT2D eigenvalue weighted by molar-refractivity contribution is 9.11. The lowest BCUT2D eigenvalue weighted by Crippen LogP contribution is -2.14. The second-order valence-electron chi connectivity index (χ2n) is 2.64. The highest BCUT2D eigenvalue weighted by Gasteiger charge is 2.18. The summed E-state index contributed by atoms with van der Waals surface area (Å²) in [5.41, 5.74) is 5.47. The van der Waals surface area contributed by atoms with Gasteiger partial charge in [0.05, 0.1) is 5.56 Å². The Balaban J connectivity index is 2.51. The van der Waals surface area contributed by atoms with Gasteiger partial charge in [0, 0.05) is 0 Å². The molecule has 14 heavy (non-hydrogen) atoms. The SMILES string of the molecule is NC(=O)c1cccc2c1OC=C(Br)O2. The first-order chi connectivity index (χ1) is 6.68. The maximum absolute atomic E-state index is 11.0. The van der Waals surface area contributed by atoms with Crippen LogP contribution in [-0.4, -0.2) is 5.91 Å². The number of primary amides is 1. The molecule has 2 N–H and O–H groups in total. The number of fused-ring (bicyclic) bond motifs is 1. The fourth-order valence-electron chi connectivity index (χ4n) is 1.15. The minimum atomic E-state index is -0.545. The number of ether oxygens (including phenoxy) is 2. The smallest absolute Gasteiger partial charge is 0.252 e. The molecule has 0 spiro atoms. The van der Waals surface area contributed by atoms with Crippen LogP contribution in [0, 0.1) is 0 Å². The molecule has 1 amide bonds. The lowest BCUT2D eigenvalue weighted by atomic mass is 10.1. The van der Waals surface area contributed by atoms with Gasteiger partial charge in [-0.15, -0.1) is 0 Å². The summed E-state index contributed by atoms with van der Waals surface area (Å²) < 4.78 is 10.9. The molecule has 0 aliphatic carbocycles. The number of hydrogen-bond acceptors (Lipinski definition) is 3. The van der Waals surface area contributed by atoms with E-state index in [1.807, 2.05) is 0 Å². The average molecular weight is 256 g/mol. The Morgan fingerprint density at radius 3 is 2.93 bits per heavy atom. The Morgan fingerprint density at radius 2 is 2.21 bits per heavy atom. The van der Waals surface area contributed by atoms with Gasteiger partial charge in [0.1, 0.15) is 6.26 Å². The normalized spacial score (nSPS) is 13.4. The summed E-state index contributed by atoms with van der Waals surface area (Å²) in [6.45, 7) is 0. The second kappa shape index (κ2) is 3.34. The average Bonchev–Trinajstić information content (AvgIpc) is 2.16. The molecular formula is C9H6BrNO3. The van der Waals surface area contributed by atoms with E-state index in [-0.39, 0.29) is 0 Å². The minimum Gasteiger partial charge on any atom is -0.456 e. The van der Waals surface area contributed by atoms with E-state index in [1.165, 1.54) is 6.26 Å². The van der Waals surface area contributed by atoms with Gasteiger partial charge in [-0.25, -0.2) is 0 Å². The molecule has 1 aromatic carbocycles. The number of rotatable bonds is 1. The van der Waals surface area contributed by atoms with Crippen molar-refractivity contribution in [2.24, 2.45) is 5.73 Å². The minimum absolute atomic E-state index is 0.304. The molecule has 1 aromatic rings. The third-order valence-electron chi connectivity index (χ3n) is 1.72. The molecule has 0 fully saturated rings. The molecule has 4 nitrogen and oxygen atoms in total. The summed E-state index contributed by atoms with van der Waals surface area (Å²) in [5, 5.41) is 0. The highest BCUT2D eigenvalue weighted by atomic mass is 79.9. The van der Waals surface area contributed by atoms with Gasteiger partial charge in [0.25, 0.3) is 5.91 Å². The van der Waals surface area contributed by atoms with Gasteiger partial charge in [-0.05, 0) is 28.1 Å². The zero-order valence-corrected chi connectivity index (χ0v) is 8.58. The van der Waals surface area contributed by atoms with E-state index in [9.17, 15) is 4.79 Å². The van der Waals surface area contributed by atoms with E-state index >= 15 is 0 Å². The monoisotopic (exact) mass is 255 g/mol. The second-order valence-corrected chi connectivity index (χ2v) is 3.42. The van der Waals surface area contributed by atoms with Crippen LogP contribution in [0.25, 0.3) is 0 Å². The molecule has 0 aromatic heterocycles. The number of benzene rings is 1. The molecular weight excluding hydrogens is 250 g/mol. The highest BCUT2D eigenvalue weighted by Crippen LogP contribution is 2.36. The van der Waals surface area contributed by atoms with Crippen LogP contribution in [0.3, 0.4) is 0 Å². The van der Waals surface area contributed by atoms with Crippen LogP contribution in [0.1, 0.15) is 10.4 Å². The van der Waals surface area contributed by atoms with Crippen molar-refractivity contribution in [2.75, 3.05) is 0 Å². The molecule has 0 atom stereocenters. The summed E-state index contributed by atoms with van der Waals surface area (Å²) in [4.78, 5) is 11.0. The topological polar surface area (TPSA) is 61.6 Å². The van der Waals surface area contributed by atoms with Crippen molar-refractivity contribution < 1.29 is 14.3 Å². The van der Waals surface area contributed by atoms with Crippen LogP contribution < -0.4 is 15.2 Å². The lowest BCUT2D eigenvalue weighted by Gasteiger charge is -2.16. The summed E-state index contributed by atoms with van der Waals surface area (Å²) in [6, 6.07) is 4.95. The Morgan fingerprint density at radius 1 is 1.43 bits per heavy atom. The Labute approximate surface area is 88.4 Å². The third kappa shape index (κ3) is 1.46. The Kier molecular flexibility index (Phi) is 2.17. The largest absolute Gasteiger partial charge is 0.456 e. The lowest BCUT2D eigenvalue weighted by molar-refractivity contribution is 0.0997. The number of hydrogen-bond donors (Lipinski definition) is 1. The number of amides is 1. The quantitative estimate of drug-likeness (QED) is 0.832. The van der Waals surface area contributed by atoms with Crippen LogP contribution >= 0.6 is 15.9 Å². The van der Waals surface area contributed by atoms with Crippen LogP contribution in [0.4, 0.5) is 0 Å². The van der Waals surface area contributed by atoms with Crippen molar-refractivity contribution >= 4 is 21.8 Å². The molecule has 0 unspecified atom stereocenters. The Bertz CT molecular complexity index is 428. The molecule has 0 bridgehead atoms. The molecule has 5 heteroatoms. The van der Waals surface area contributed by atoms with E-state index in [0.717, 1.165) is 0 Å². The molecule has 72 valence electrons. The predicted octanol–water partition coefficient (Wildman–Crippen LogP) is 1.75. The zero-order chi connectivity index (χ0) is 10.1. The van der Waals surface area contributed by atoms with Gasteiger partial charge in [-0.2, -0.15) is 0 Å². The zero-order valence-electron chi connectivity index (χ0n) is 6.99. The number of carbonyl (C=O) groups excluding carboxylic acids is 1. The summed E-state index contributed by atoms with van der Waals surface area (Å²) in [7, 11) is 0. The van der Waals surface area contributed by atoms with E-state index in [1.54, 1.807) is 18.2 Å². The van der Waals surface area contributed by atoms with Crippen molar-refractivity contribution in [2.45, 2.75) is 0 Å². The fraction of sp³-hybridized carbons (Fsp3) is 0. The maximum Gasteiger partial charge on any atom is 0.252 e. The first-order valence-electron chi connectivity index (χ1n) is 3.81. The van der Waals surface area contributed by atoms with E-state index in [0.29, 0.717) is 21.7 Å². The van der Waals surface area contributed by atoms with Gasteiger partial charge < -0.3 is 15.2 Å². The van der Waals surface area contributed by atoms with Gasteiger partial charge >= 0.3 is 0 Å². The molecule has 1 aliphatic rings. The first kappa shape index (κ1) is 9.08. The number of para-hydroxylation sites is 1. The third-order valence-corrected chi connectivity index (χ3v) is 2.07. The van der Waals surface area contributed by atoms with Gasteiger partial charge in [-0.1, -0.05) is 6.07 Å². The molecule has 0 saturated heterocycles. The Hall–Kier alpha value is -1.49. The van der Waals surface area contributed by atoms with Crippen molar-refractivity contribution in [1.82, 2.24) is 0 Å². The fourth-order valence-corrected chi connectivity index (χ4v) is 1.41. The van der Waals surface area contributed by atoms with E-state index < -0.39 is 5.91 Å². The molecule has 1 aliphatic heterocycles. The summed E-state index contributed by atoms with van der Waals surface area (Å²) >= 11 is 3.12. The standard InChI is InChI=1S/C9H6BrNO3/c10-7-4-13-8-5(9(11)12)2-1-3-6(8)14-7/h1-4H,(H2,11,12).